The molecule has 0 saturated heterocycles. The second kappa shape index (κ2) is 4.25. The molecule has 0 N–H and O–H groups in total. The standard InChI is InChI=1S/C11H12BrN3O/c1-8-5-10(12)4-3-9(8)6-15-11(16)14(2)7-13-15/h3-5,7H,6H2,1-2H3. The van der Waals surface area contributed by atoms with Gasteiger partial charge >= 0.3 is 5.69 Å². The topological polar surface area (TPSA) is 39.8 Å². The molecule has 5 heteroatoms. The van der Waals surface area contributed by atoms with Crippen LogP contribution in [0.4, 0.5) is 0 Å². The lowest BCUT2D eigenvalue weighted by molar-refractivity contribution is 0.644. The third-order valence-electron chi connectivity index (χ3n) is 2.51. The van der Waals surface area contributed by atoms with Gasteiger partial charge in [0.15, 0.2) is 0 Å². The van der Waals surface area contributed by atoms with Crippen molar-refractivity contribution in [3.8, 4) is 0 Å². The first-order valence-electron chi connectivity index (χ1n) is 4.91. The first kappa shape index (κ1) is 11.1. The molecule has 84 valence electrons. The summed E-state index contributed by atoms with van der Waals surface area (Å²) in [6.45, 7) is 2.53. The van der Waals surface area contributed by atoms with E-state index in [0.29, 0.717) is 6.54 Å². The summed E-state index contributed by atoms with van der Waals surface area (Å²) in [6, 6.07) is 6.00. The van der Waals surface area contributed by atoms with E-state index in [4.69, 9.17) is 0 Å². The summed E-state index contributed by atoms with van der Waals surface area (Å²) in [5.74, 6) is 0. The lowest BCUT2D eigenvalue weighted by Gasteiger charge is -2.05. The van der Waals surface area contributed by atoms with Gasteiger partial charge in [0.25, 0.3) is 0 Å². The third-order valence-corrected chi connectivity index (χ3v) is 3.00. The van der Waals surface area contributed by atoms with Gasteiger partial charge in [-0.25, -0.2) is 9.48 Å². The van der Waals surface area contributed by atoms with Crippen molar-refractivity contribution in [1.29, 1.82) is 0 Å². The van der Waals surface area contributed by atoms with E-state index in [1.807, 2.05) is 25.1 Å². The molecule has 4 nitrogen and oxygen atoms in total. The fourth-order valence-corrected chi connectivity index (χ4v) is 2.00. The lowest BCUT2D eigenvalue weighted by Crippen LogP contribution is -2.23. The molecule has 2 aromatic rings. The van der Waals surface area contributed by atoms with Gasteiger partial charge in [0.05, 0.1) is 6.54 Å². The summed E-state index contributed by atoms with van der Waals surface area (Å²) in [6.07, 6.45) is 1.52. The molecule has 0 spiro atoms. The van der Waals surface area contributed by atoms with Crippen LogP contribution in [-0.2, 0) is 13.6 Å². The maximum absolute atomic E-state index is 11.6. The SMILES string of the molecule is Cc1cc(Br)ccc1Cn1ncn(C)c1=O. The first-order chi connectivity index (χ1) is 7.58. The van der Waals surface area contributed by atoms with Gasteiger partial charge in [-0.3, -0.25) is 4.57 Å². The van der Waals surface area contributed by atoms with Crippen molar-refractivity contribution in [2.24, 2.45) is 7.05 Å². The molecule has 0 fully saturated rings. The van der Waals surface area contributed by atoms with Crippen molar-refractivity contribution in [2.75, 3.05) is 0 Å². The number of nitrogens with zero attached hydrogens (tertiary/aromatic N) is 3. The molecule has 0 aliphatic heterocycles. The Labute approximate surface area is 102 Å². The molecule has 0 bridgehead atoms. The molecule has 0 aliphatic rings. The quantitative estimate of drug-likeness (QED) is 0.841. The summed E-state index contributed by atoms with van der Waals surface area (Å²) in [5.41, 5.74) is 2.15. The van der Waals surface area contributed by atoms with E-state index in [9.17, 15) is 4.79 Å². The first-order valence-corrected chi connectivity index (χ1v) is 5.70. The van der Waals surface area contributed by atoms with Gasteiger partial charge in [-0.1, -0.05) is 22.0 Å². The van der Waals surface area contributed by atoms with Gasteiger partial charge in [-0.05, 0) is 30.2 Å². The van der Waals surface area contributed by atoms with Crippen LogP contribution in [0, 0.1) is 6.92 Å². The molecule has 1 aromatic heterocycles. The Morgan fingerprint density at radius 2 is 2.19 bits per heavy atom. The number of aryl methyl sites for hydroxylation is 2. The fraction of sp³-hybridized carbons (Fsp3) is 0.273. The van der Waals surface area contributed by atoms with Gasteiger partial charge in [0, 0.05) is 11.5 Å². The number of halogens is 1. The molecule has 0 saturated carbocycles. The molecule has 0 amide bonds. The van der Waals surface area contributed by atoms with E-state index in [1.165, 1.54) is 15.6 Å². The van der Waals surface area contributed by atoms with Gasteiger partial charge < -0.3 is 0 Å². The number of benzene rings is 1. The van der Waals surface area contributed by atoms with Crippen LogP contribution in [0.5, 0.6) is 0 Å². The summed E-state index contributed by atoms with van der Waals surface area (Å²) in [5, 5.41) is 4.03. The molecule has 2 rings (SSSR count). The number of rotatable bonds is 2. The average Bonchev–Trinajstić information content (AvgIpc) is 2.54. The van der Waals surface area contributed by atoms with Crippen LogP contribution >= 0.6 is 15.9 Å². The molecular weight excluding hydrogens is 270 g/mol. The second-order valence-corrected chi connectivity index (χ2v) is 4.67. The predicted molar refractivity (Wildman–Crippen MR) is 65.4 cm³/mol. The van der Waals surface area contributed by atoms with Crippen LogP contribution in [0.3, 0.4) is 0 Å². The highest BCUT2D eigenvalue weighted by Gasteiger charge is 2.04. The fourth-order valence-electron chi connectivity index (χ4n) is 1.53. The van der Waals surface area contributed by atoms with Crippen molar-refractivity contribution in [3.05, 3.63) is 50.6 Å². The monoisotopic (exact) mass is 281 g/mol. The van der Waals surface area contributed by atoms with Gasteiger partial charge in [-0.2, -0.15) is 5.10 Å². The summed E-state index contributed by atoms with van der Waals surface area (Å²) >= 11 is 3.41. The average molecular weight is 282 g/mol. The number of aromatic nitrogens is 3. The minimum Gasteiger partial charge on any atom is -0.285 e. The highest BCUT2D eigenvalue weighted by molar-refractivity contribution is 9.10. The smallest absolute Gasteiger partial charge is 0.285 e. The van der Waals surface area contributed by atoms with E-state index >= 15 is 0 Å². The molecule has 0 unspecified atom stereocenters. The Morgan fingerprint density at radius 1 is 1.44 bits per heavy atom. The summed E-state index contributed by atoms with van der Waals surface area (Å²) < 4.78 is 3.96. The molecule has 0 radical (unpaired) electrons. The van der Waals surface area contributed by atoms with Crippen LogP contribution in [-0.4, -0.2) is 14.3 Å². The van der Waals surface area contributed by atoms with E-state index in [2.05, 4.69) is 21.0 Å². The highest BCUT2D eigenvalue weighted by atomic mass is 79.9. The van der Waals surface area contributed by atoms with Crippen LogP contribution in [0.15, 0.2) is 33.8 Å². The zero-order valence-corrected chi connectivity index (χ0v) is 10.7. The normalized spacial score (nSPS) is 10.7. The van der Waals surface area contributed by atoms with Gasteiger partial charge in [0.1, 0.15) is 6.33 Å². The van der Waals surface area contributed by atoms with E-state index in [0.717, 1.165) is 15.6 Å². The van der Waals surface area contributed by atoms with E-state index in [-0.39, 0.29) is 5.69 Å². The minimum absolute atomic E-state index is 0.0951. The Bertz CT molecular complexity index is 571. The minimum atomic E-state index is -0.0951. The molecule has 16 heavy (non-hydrogen) atoms. The van der Waals surface area contributed by atoms with Crippen molar-refractivity contribution in [2.45, 2.75) is 13.5 Å². The van der Waals surface area contributed by atoms with E-state index in [1.54, 1.807) is 7.05 Å². The van der Waals surface area contributed by atoms with Crippen molar-refractivity contribution < 1.29 is 0 Å². The summed E-state index contributed by atoms with van der Waals surface area (Å²) in [4.78, 5) is 11.6. The molecule has 1 heterocycles. The Balaban J connectivity index is 2.34. The van der Waals surface area contributed by atoms with Crippen molar-refractivity contribution in [1.82, 2.24) is 14.3 Å². The lowest BCUT2D eigenvalue weighted by atomic mass is 10.1. The van der Waals surface area contributed by atoms with Crippen LogP contribution in [0.25, 0.3) is 0 Å². The largest absolute Gasteiger partial charge is 0.345 e. The number of hydrogen-bond acceptors (Lipinski definition) is 2. The van der Waals surface area contributed by atoms with Crippen LogP contribution in [0.1, 0.15) is 11.1 Å². The zero-order chi connectivity index (χ0) is 11.7. The maximum Gasteiger partial charge on any atom is 0.345 e. The second-order valence-electron chi connectivity index (χ2n) is 3.75. The third kappa shape index (κ3) is 2.09. The van der Waals surface area contributed by atoms with Gasteiger partial charge in [0.2, 0.25) is 0 Å². The molecular formula is C11H12BrN3O. The predicted octanol–water partition coefficient (Wildman–Crippen LogP) is 1.70. The maximum atomic E-state index is 11.6. The van der Waals surface area contributed by atoms with Crippen molar-refractivity contribution >= 4 is 15.9 Å². The Morgan fingerprint density at radius 3 is 2.75 bits per heavy atom. The zero-order valence-electron chi connectivity index (χ0n) is 9.14. The Hall–Kier alpha value is -1.36. The molecule has 1 aromatic carbocycles. The van der Waals surface area contributed by atoms with Gasteiger partial charge in [-0.15, -0.1) is 0 Å². The van der Waals surface area contributed by atoms with Crippen LogP contribution in [0.2, 0.25) is 0 Å². The summed E-state index contributed by atoms with van der Waals surface area (Å²) in [7, 11) is 1.69. The molecule has 0 aliphatic carbocycles. The molecule has 0 atom stereocenters. The number of hydrogen-bond donors (Lipinski definition) is 0. The van der Waals surface area contributed by atoms with E-state index < -0.39 is 0 Å². The Kier molecular flexibility index (Phi) is 2.96. The van der Waals surface area contributed by atoms with Crippen molar-refractivity contribution in [3.63, 3.8) is 0 Å². The highest BCUT2D eigenvalue weighted by Crippen LogP contribution is 2.16. The van der Waals surface area contributed by atoms with Crippen LogP contribution < -0.4 is 5.69 Å².